The first kappa shape index (κ1) is 10.1. The minimum Gasteiger partial charge on any atom is -0.0616 e. The molecular formula is C18H16. The molecule has 0 unspecified atom stereocenters. The maximum atomic E-state index is 2.39. The second kappa shape index (κ2) is 3.84. The van der Waals surface area contributed by atoms with E-state index in [1.54, 1.807) is 0 Å². The van der Waals surface area contributed by atoms with E-state index in [4.69, 9.17) is 0 Å². The average molecular weight is 232 g/mol. The lowest BCUT2D eigenvalue weighted by Gasteiger charge is -2.26. The van der Waals surface area contributed by atoms with Crippen LogP contribution in [0.5, 0.6) is 0 Å². The molecule has 3 aromatic rings. The molecular weight excluding hydrogens is 216 g/mol. The highest BCUT2D eigenvalue weighted by Crippen LogP contribution is 2.37. The molecule has 18 heavy (non-hydrogen) atoms. The minimum absolute atomic E-state index is 0.820. The molecule has 0 bridgehead atoms. The summed E-state index contributed by atoms with van der Waals surface area (Å²) in [7, 11) is 0. The molecule has 1 aliphatic carbocycles. The van der Waals surface area contributed by atoms with E-state index in [1.807, 2.05) is 0 Å². The van der Waals surface area contributed by atoms with Crippen molar-refractivity contribution in [1.29, 1.82) is 0 Å². The quantitative estimate of drug-likeness (QED) is 0.502. The Morgan fingerprint density at radius 2 is 1.33 bits per heavy atom. The van der Waals surface area contributed by atoms with Crippen molar-refractivity contribution >= 4 is 21.5 Å². The molecule has 3 aromatic carbocycles. The highest BCUT2D eigenvalue weighted by atomic mass is 14.2. The molecule has 0 aromatic heterocycles. The highest BCUT2D eigenvalue weighted by Gasteiger charge is 2.19. The molecule has 0 heterocycles. The Bertz CT molecular complexity index is 720. The Labute approximate surface area is 107 Å². The number of fused-ring (bicyclic) bond motifs is 2. The van der Waals surface area contributed by atoms with Gasteiger partial charge in [-0.1, -0.05) is 48.9 Å². The monoisotopic (exact) mass is 232 g/mol. The third-order valence-electron chi connectivity index (χ3n) is 4.31. The lowest BCUT2D eigenvalue weighted by Crippen LogP contribution is -2.08. The molecule has 0 saturated heterocycles. The topological polar surface area (TPSA) is 0 Å². The predicted molar refractivity (Wildman–Crippen MR) is 78.0 cm³/mol. The Morgan fingerprint density at radius 1 is 0.667 bits per heavy atom. The predicted octanol–water partition coefficient (Wildman–Crippen LogP) is 5.26. The van der Waals surface area contributed by atoms with Crippen molar-refractivity contribution in [2.45, 2.75) is 25.2 Å². The van der Waals surface area contributed by atoms with Crippen molar-refractivity contribution < 1.29 is 0 Å². The summed E-state index contributed by atoms with van der Waals surface area (Å²) in [5, 5.41) is 5.42. The van der Waals surface area contributed by atoms with Crippen LogP contribution in [0.3, 0.4) is 0 Å². The van der Waals surface area contributed by atoms with Crippen LogP contribution in [0.2, 0.25) is 0 Å². The summed E-state index contributed by atoms with van der Waals surface area (Å²) in [6.07, 6.45) is 4.15. The SMILES string of the molecule is c1ccc2cc3cc(C4CCC4)ccc3cc2c1. The molecule has 0 nitrogen and oxygen atoms in total. The van der Waals surface area contributed by atoms with Crippen LogP contribution in [0.25, 0.3) is 21.5 Å². The van der Waals surface area contributed by atoms with E-state index in [9.17, 15) is 0 Å². The van der Waals surface area contributed by atoms with Crippen LogP contribution in [0.1, 0.15) is 30.7 Å². The Kier molecular flexibility index (Phi) is 2.16. The summed E-state index contributed by atoms with van der Waals surface area (Å²) >= 11 is 0. The molecule has 0 aliphatic heterocycles. The van der Waals surface area contributed by atoms with Gasteiger partial charge in [0.2, 0.25) is 0 Å². The lowest BCUT2D eigenvalue weighted by atomic mass is 9.79. The fraction of sp³-hybridized carbons (Fsp3) is 0.222. The first-order valence-electron chi connectivity index (χ1n) is 6.83. The van der Waals surface area contributed by atoms with Crippen molar-refractivity contribution in [2.24, 2.45) is 0 Å². The molecule has 0 radical (unpaired) electrons. The van der Waals surface area contributed by atoms with Crippen LogP contribution in [0, 0.1) is 0 Å². The van der Waals surface area contributed by atoms with Gasteiger partial charge in [-0.25, -0.2) is 0 Å². The fourth-order valence-electron chi connectivity index (χ4n) is 2.95. The third-order valence-corrected chi connectivity index (χ3v) is 4.31. The van der Waals surface area contributed by atoms with Crippen LogP contribution in [-0.2, 0) is 0 Å². The van der Waals surface area contributed by atoms with Gasteiger partial charge in [-0.3, -0.25) is 0 Å². The summed E-state index contributed by atoms with van der Waals surface area (Å²) in [6.45, 7) is 0. The molecule has 0 spiro atoms. The zero-order valence-electron chi connectivity index (χ0n) is 10.4. The van der Waals surface area contributed by atoms with Gasteiger partial charge in [0.15, 0.2) is 0 Å². The largest absolute Gasteiger partial charge is 0.0616 e. The highest BCUT2D eigenvalue weighted by molar-refractivity contribution is 5.98. The molecule has 1 aliphatic rings. The Balaban J connectivity index is 1.94. The van der Waals surface area contributed by atoms with Crippen LogP contribution in [0.4, 0.5) is 0 Å². The summed E-state index contributed by atoms with van der Waals surface area (Å²) in [5.74, 6) is 0.820. The standard InChI is InChI=1S/C18H16/c1-2-5-15-11-18-12-16(13-6-3-7-13)8-9-17(18)10-14(15)4-1/h1-2,4-5,8-13H,3,6-7H2. The Morgan fingerprint density at radius 3 is 2.00 bits per heavy atom. The summed E-state index contributed by atoms with van der Waals surface area (Å²) in [4.78, 5) is 0. The van der Waals surface area contributed by atoms with Crippen molar-refractivity contribution in [1.82, 2.24) is 0 Å². The molecule has 88 valence electrons. The molecule has 0 N–H and O–H groups in total. The normalized spacial score (nSPS) is 16.0. The maximum Gasteiger partial charge on any atom is -0.0162 e. The van der Waals surface area contributed by atoms with Crippen LogP contribution in [0.15, 0.2) is 54.6 Å². The van der Waals surface area contributed by atoms with Crippen LogP contribution in [-0.4, -0.2) is 0 Å². The average Bonchev–Trinajstić information content (AvgIpc) is 2.34. The molecule has 1 saturated carbocycles. The molecule has 0 atom stereocenters. The van der Waals surface area contributed by atoms with Crippen molar-refractivity contribution in [3.63, 3.8) is 0 Å². The van der Waals surface area contributed by atoms with E-state index in [0.717, 1.165) is 5.92 Å². The zero-order valence-corrected chi connectivity index (χ0v) is 10.4. The van der Waals surface area contributed by atoms with E-state index < -0.39 is 0 Å². The summed E-state index contributed by atoms with van der Waals surface area (Å²) in [6, 6.07) is 20.2. The summed E-state index contributed by atoms with van der Waals surface area (Å²) in [5.41, 5.74) is 1.53. The van der Waals surface area contributed by atoms with E-state index in [0.29, 0.717) is 0 Å². The van der Waals surface area contributed by atoms with Gasteiger partial charge >= 0.3 is 0 Å². The zero-order chi connectivity index (χ0) is 11.9. The van der Waals surface area contributed by atoms with Crippen molar-refractivity contribution in [2.75, 3.05) is 0 Å². The molecule has 4 rings (SSSR count). The van der Waals surface area contributed by atoms with Crippen LogP contribution >= 0.6 is 0 Å². The van der Waals surface area contributed by atoms with E-state index in [1.165, 1.54) is 46.4 Å². The smallest absolute Gasteiger partial charge is 0.0162 e. The number of benzene rings is 3. The number of rotatable bonds is 1. The van der Waals surface area contributed by atoms with Gasteiger partial charge < -0.3 is 0 Å². The minimum atomic E-state index is 0.820. The van der Waals surface area contributed by atoms with Gasteiger partial charge in [0.05, 0.1) is 0 Å². The van der Waals surface area contributed by atoms with Gasteiger partial charge in [-0.05, 0) is 58.0 Å². The number of hydrogen-bond donors (Lipinski definition) is 0. The van der Waals surface area contributed by atoms with E-state index in [-0.39, 0.29) is 0 Å². The molecule has 0 heteroatoms. The van der Waals surface area contributed by atoms with Crippen molar-refractivity contribution in [3.8, 4) is 0 Å². The van der Waals surface area contributed by atoms with Gasteiger partial charge in [0.25, 0.3) is 0 Å². The Hall–Kier alpha value is -1.82. The first-order chi connectivity index (χ1) is 8.90. The van der Waals surface area contributed by atoms with Gasteiger partial charge in [-0.2, -0.15) is 0 Å². The van der Waals surface area contributed by atoms with Crippen LogP contribution < -0.4 is 0 Å². The second-order valence-corrected chi connectivity index (χ2v) is 5.43. The third kappa shape index (κ3) is 1.53. The van der Waals surface area contributed by atoms with Crippen molar-refractivity contribution in [3.05, 3.63) is 60.2 Å². The molecule has 1 fully saturated rings. The first-order valence-corrected chi connectivity index (χ1v) is 6.83. The van der Waals surface area contributed by atoms with Gasteiger partial charge in [0, 0.05) is 0 Å². The van der Waals surface area contributed by atoms with E-state index in [2.05, 4.69) is 54.6 Å². The number of hydrogen-bond acceptors (Lipinski definition) is 0. The second-order valence-electron chi connectivity index (χ2n) is 5.43. The lowest BCUT2D eigenvalue weighted by molar-refractivity contribution is 0.420. The maximum absolute atomic E-state index is 2.39. The summed E-state index contributed by atoms with van der Waals surface area (Å²) < 4.78 is 0. The van der Waals surface area contributed by atoms with Gasteiger partial charge in [0.1, 0.15) is 0 Å². The van der Waals surface area contributed by atoms with Gasteiger partial charge in [-0.15, -0.1) is 0 Å². The van der Waals surface area contributed by atoms with E-state index >= 15 is 0 Å². The fourth-order valence-corrected chi connectivity index (χ4v) is 2.95. The molecule has 0 amide bonds.